The van der Waals surface area contributed by atoms with E-state index in [4.69, 9.17) is 16.3 Å². The average molecular weight is 325 g/mol. The minimum absolute atomic E-state index is 0.0525. The molecule has 1 fully saturated rings. The fraction of sp³-hybridized carbons (Fsp3) is 0.588. The number of morpholine rings is 1. The van der Waals surface area contributed by atoms with Crippen LogP contribution in [0.4, 0.5) is 0 Å². The number of halogens is 1. The zero-order valence-corrected chi connectivity index (χ0v) is 14.3. The summed E-state index contributed by atoms with van der Waals surface area (Å²) >= 11 is 5.92. The molecule has 1 saturated heterocycles. The summed E-state index contributed by atoms with van der Waals surface area (Å²) in [6, 6.07) is 7.78. The molecule has 1 aromatic carbocycles. The van der Waals surface area contributed by atoms with E-state index in [0.717, 1.165) is 30.2 Å². The average Bonchev–Trinajstić information content (AvgIpc) is 2.44. The maximum Gasteiger partial charge on any atom is 0.221 e. The van der Waals surface area contributed by atoms with Gasteiger partial charge in [-0.1, -0.05) is 23.7 Å². The lowest BCUT2D eigenvalue weighted by molar-refractivity contribution is -0.123. The fourth-order valence-corrected chi connectivity index (χ4v) is 2.65. The summed E-state index contributed by atoms with van der Waals surface area (Å²) in [7, 11) is 0. The first-order valence-corrected chi connectivity index (χ1v) is 8.12. The Morgan fingerprint density at radius 2 is 2.05 bits per heavy atom. The normalized spacial score (nSPS) is 19.9. The van der Waals surface area contributed by atoms with E-state index in [9.17, 15) is 4.79 Å². The number of benzene rings is 1. The monoisotopic (exact) mass is 324 g/mol. The van der Waals surface area contributed by atoms with Crippen LogP contribution >= 0.6 is 11.6 Å². The number of hydrogen-bond donors (Lipinski definition) is 1. The first-order chi connectivity index (χ1) is 10.3. The predicted octanol–water partition coefficient (Wildman–Crippen LogP) is 3.02. The van der Waals surface area contributed by atoms with Gasteiger partial charge in [0.15, 0.2) is 0 Å². The van der Waals surface area contributed by atoms with Gasteiger partial charge in [-0.25, -0.2) is 0 Å². The van der Waals surface area contributed by atoms with Crippen LogP contribution in [0.1, 0.15) is 38.9 Å². The standard InChI is InChI=1S/C17H25ClN2O2/c1-17(2,3)19-16(21)8-9-20-10-11-22-15(12-20)13-4-6-14(18)7-5-13/h4-7,15H,8-12H2,1-3H3,(H,19,21)/t15-/m1/s1. The molecule has 0 saturated carbocycles. The van der Waals surface area contributed by atoms with Crippen molar-refractivity contribution in [2.24, 2.45) is 0 Å². The maximum absolute atomic E-state index is 11.9. The van der Waals surface area contributed by atoms with Gasteiger partial charge < -0.3 is 10.1 Å². The lowest BCUT2D eigenvalue weighted by atomic mass is 10.1. The highest BCUT2D eigenvalue weighted by atomic mass is 35.5. The van der Waals surface area contributed by atoms with E-state index in [1.165, 1.54) is 0 Å². The quantitative estimate of drug-likeness (QED) is 0.925. The topological polar surface area (TPSA) is 41.6 Å². The van der Waals surface area contributed by atoms with Gasteiger partial charge >= 0.3 is 0 Å². The van der Waals surface area contributed by atoms with Gasteiger partial charge in [-0.05, 0) is 38.5 Å². The molecule has 1 N–H and O–H groups in total. The number of ether oxygens (including phenoxy) is 1. The Labute approximate surface area is 137 Å². The number of hydrogen-bond acceptors (Lipinski definition) is 3. The van der Waals surface area contributed by atoms with Crippen LogP contribution in [0.2, 0.25) is 5.02 Å². The van der Waals surface area contributed by atoms with Gasteiger partial charge in [0.1, 0.15) is 0 Å². The third-order valence-corrected chi connectivity index (χ3v) is 3.81. The summed E-state index contributed by atoms with van der Waals surface area (Å²) in [4.78, 5) is 14.2. The third-order valence-electron chi connectivity index (χ3n) is 3.56. The number of nitrogens with one attached hydrogen (secondary N) is 1. The number of carbonyl (C=O) groups excluding carboxylic acids is 1. The molecule has 1 aromatic rings. The van der Waals surface area contributed by atoms with E-state index < -0.39 is 0 Å². The summed E-state index contributed by atoms with van der Waals surface area (Å²) < 4.78 is 5.84. The van der Waals surface area contributed by atoms with Crippen LogP contribution in [0.3, 0.4) is 0 Å². The number of amides is 1. The molecule has 1 aliphatic heterocycles. The SMILES string of the molecule is CC(C)(C)NC(=O)CCN1CCO[C@@H](c2ccc(Cl)cc2)C1. The molecule has 1 amide bonds. The molecule has 22 heavy (non-hydrogen) atoms. The van der Waals surface area contributed by atoms with Gasteiger partial charge in [-0.3, -0.25) is 9.69 Å². The molecule has 1 atom stereocenters. The van der Waals surface area contributed by atoms with Crippen LogP contribution < -0.4 is 5.32 Å². The molecule has 1 aliphatic rings. The lowest BCUT2D eigenvalue weighted by Gasteiger charge is -2.33. The Morgan fingerprint density at radius 3 is 2.68 bits per heavy atom. The van der Waals surface area contributed by atoms with E-state index in [1.807, 2.05) is 45.0 Å². The Kier molecular flexibility index (Phi) is 5.84. The molecule has 0 radical (unpaired) electrons. The number of nitrogens with zero attached hydrogens (tertiary/aromatic N) is 1. The maximum atomic E-state index is 11.9. The Hall–Kier alpha value is -1.10. The molecule has 122 valence electrons. The van der Waals surface area contributed by atoms with E-state index >= 15 is 0 Å². The molecule has 5 heteroatoms. The molecular weight excluding hydrogens is 300 g/mol. The van der Waals surface area contributed by atoms with Crippen molar-refractivity contribution >= 4 is 17.5 Å². The van der Waals surface area contributed by atoms with Crippen LogP contribution in [0, 0.1) is 0 Å². The molecule has 0 aliphatic carbocycles. The smallest absolute Gasteiger partial charge is 0.221 e. The first-order valence-electron chi connectivity index (χ1n) is 7.74. The van der Waals surface area contributed by atoms with Crippen LogP contribution in [0.5, 0.6) is 0 Å². The zero-order chi connectivity index (χ0) is 16.2. The van der Waals surface area contributed by atoms with E-state index in [1.54, 1.807) is 0 Å². The van der Waals surface area contributed by atoms with Gasteiger partial charge in [0, 0.05) is 36.6 Å². The van der Waals surface area contributed by atoms with Crippen LogP contribution in [0.25, 0.3) is 0 Å². The summed E-state index contributed by atoms with van der Waals surface area (Å²) in [5.74, 6) is 0.0991. The summed E-state index contributed by atoms with van der Waals surface area (Å²) in [5, 5.41) is 3.73. The second kappa shape index (κ2) is 7.44. The highest BCUT2D eigenvalue weighted by Gasteiger charge is 2.22. The molecular formula is C17H25ClN2O2. The zero-order valence-electron chi connectivity index (χ0n) is 13.6. The predicted molar refractivity (Wildman–Crippen MR) is 89.1 cm³/mol. The third kappa shape index (κ3) is 5.59. The Morgan fingerprint density at radius 1 is 1.36 bits per heavy atom. The van der Waals surface area contributed by atoms with E-state index in [0.29, 0.717) is 13.0 Å². The lowest BCUT2D eigenvalue weighted by Crippen LogP contribution is -2.44. The van der Waals surface area contributed by atoms with Crippen molar-refractivity contribution in [1.82, 2.24) is 10.2 Å². The highest BCUT2D eigenvalue weighted by molar-refractivity contribution is 6.30. The summed E-state index contributed by atoms with van der Waals surface area (Å²) in [5.41, 5.74) is 0.960. The van der Waals surface area contributed by atoms with Gasteiger partial charge in [0.25, 0.3) is 0 Å². The second-order valence-electron chi connectivity index (χ2n) is 6.76. The molecule has 2 rings (SSSR count). The highest BCUT2D eigenvalue weighted by Crippen LogP contribution is 2.23. The molecule has 0 bridgehead atoms. The molecule has 0 aromatic heterocycles. The van der Waals surface area contributed by atoms with Crippen molar-refractivity contribution in [2.45, 2.75) is 38.8 Å². The Bertz CT molecular complexity index is 496. The fourth-order valence-electron chi connectivity index (χ4n) is 2.53. The van der Waals surface area contributed by atoms with Crippen LogP contribution in [0.15, 0.2) is 24.3 Å². The van der Waals surface area contributed by atoms with Gasteiger partial charge in [-0.15, -0.1) is 0 Å². The van der Waals surface area contributed by atoms with Crippen molar-refractivity contribution in [1.29, 1.82) is 0 Å². The van der Waals surface area contributed by atoms with Crippen LogP contribution in [-0.4, -0.2) is 42.6 Å². The minimum atomic E-state index is -0.173. The Balaban J connectivity index is 1.83. The number of carbonyl (C=O) groups is 1. The van der Waals surface area contributed by atoms with Crippen molar-refractivity contribution in [2.75, 3.05) is 26.2 Å². The first kappa shape index (κ1) is 17.3. The summed E-state index contributed by atoms with van der Waals surface area (Å²) in [6.45, 7) is 9.11. The van der Waals surface area contributed by atoms with Crippen molar-refractivity contribution in [3.05, 3.63) is 34.9 Å². The van der Waals surface area contributed by atoms with Crippen LogP contribution in [-0.2, 0) is 9.53 Å². The van der Waals surface area contributed by atoms with Crippen molar-refractivity contribution in [3.63, 3.8) is 0 Å². The molecule has 4 nitrogen and oxygen atoms in total. The molecule has 0 unspecified atom stereocenters. The largest absolute Gasteiger partial charge is 0.371 e. The van der Waals surface area contributed by atoms with Gasteiger partial charge in [0.2, 0.25) is 5.91 Å². The van der Waals surface area contributed by atoms with Gasteiger partial charge in [-0.2, -0.15) is 0 Å². The van der Waals surface area contributed by atoms with E-state index in [-0.39, 0.29) is 17.6 Å². The van der Waals surface area contributed by atoms with Gasteiger partial charge in [0.05, 0.1) is 12.7 Å². The minimum Gasteiger partial charge on any atom is -0.371 e. The van der Waals surface area contributed by atoms with Crippen molar-refractivity contribution in [3.8, 4) is 0 Å². The van der Waals surface area contributed by atoms with E-state index in [2.05, 4.69) is 10.2 Å². The van der Waals surface area contributed by atoms with Crippen molar-refractivity contribution < 1.29 is 9.53 Å². The molecule has 1 heterocycles. The summed E-state index contributed by atoms with van der Waals surface area (Å²) in [6.07, 6.45) is 0.571. The number of rotatable bonds is 4. The molecule has 0 spiro atoms. The second-order valence-corrected chi connectivity index (χ2v) is 7.20.